The average molecular weight is 246 g/mol. The zero-order valence-electron chi connectivity index (χ0n) is 10.00. The van der Waals surface area contributed by atoms with E-state index in [1.165, 1.54) is 13.2 Å². The van der Waals surface area contributed by atoms with Crippen molar-refractivity contribution in [1.82, 2.24) is 0 Å². The maximum absolute atomic E-state index is 11.3. The molecule has 0 aliphatic carbocycles. The Morgan fingerprint density at radius 3 is 2.56 bits per heavy atom. The van der Waals surface area contributed by atoms with E-state index in [2.05, 4.69) is 4.74 Å². The number of methoxy groups -OCH3 is 1. The lowest BCUT2D eigenvalue weighted by Crippen LogP contribution is -2.07. The largest absolute Gasteiger partial charge is 0.508 e. The number of hydrogen-bond donors (Lipinski definition) is 1. The van der Waals surface area contributed by atoms with Crippen LogP contribution >= 0.6 is 0 Å². The molecule has 0 saturated heterocycles. The van der Waals surface area contributed by atoms with Gasteiger partial charge in [0, 0.05) is 6.08 Å². The Bertz CT molecular complexity index is 472. The van der Waals surface area contributed by atoms with E-state index < -0.39 is 11.8 Å². The van der Waals surface area contributed by atoms with Crippen molar-refractivity contribution < 1.29 is 19.4 Å². The first-order chi connectivity index (χ1) is 8.61. The number of ketones is 1. The van der Waals surface area contributed by atoms with Crippen LogP contribution in [-0.2, 0) is 14.3 Å². The molecule has 0 spiro atoms. The first kappa shape index (κ1) is 13.7. The van der Waals surface area contributed by atoms with Crippen LogP contribution in [0.3, 0.4) is 0 Å². The minimum atomic E-state index is -0.629. The van der Waals surface area contributed by atoms with Crippen molar-refractivity contribution in [2.45, 2.75) is 6.42 Å². The standard InChI is InChI=1S/C14H14O4/c1-18-14(17)10-13(16)9-12(15)8-7-11-5-3-2-4-6-11/h2-9,15H,10H2,1H3/b8-7+,12-9-. The summed E-state index contributed by atoms with van der Waals surface area (Å²) in [5.74, 6) is -1.33. The van der Waals surface area contributed by atoms with Crippen LogP contribution in [0.25, 0.3) is 6.08 Å². The number of ether oxygens (including phenoxy) is 1. The van der Waals surface area contributed by atoms with Gasteiger partial charge >= 0.3 is 5.97 Å². The molecule has 0 radical (unpaired) electrons. The van der Waals surface area contributed by atoms with Crippen LogP contribution < -0.4 is 0 Å². The molecule has 0 heterocycles. The van der Waals surface area contributed by atoms with E-state index in [9.17, 15) is 14.7 Å². The van der Waals surface area contributed by atoms with Crippen LogP contribution in [0.4, 0.5) is 0 Å². The number of esters is 1. The van der Waals surface area contributed by atoms with Crippen molar-refractivity contribution in [3.8, 4) is 0 Å². The van der Waals surface area contributed by atoms with E-state index in [0.717, 1.165) is 11.6 Å². The molecule has 4 nitrogen and oxygen atoms in total. The zero-order chi connectivity index (χ0) is 13.4. The summed E-state index contributed by atoms with van der Waals surface area (Å²) in [7, 11) is 1.20. The quantitative estimate of drug-likeness (QED) is 0.284. The van der Waals surface area contributed by atoms with Crippen molar-refractivity contribution in [3.05, 3.63) is 53.8 Å². The van der Waals surface area contributed by atoms with Crippen LogP contribution in [0.1, 0.15) is 12.0 Å². The number of carbonyl (C=O) groups is 2. The van der Waals surface area contributed by atoms with Gasteiger partial charge in [-0.15, -0.1) is 0 Å². The fourth-order valence-electron chi connectivity index (χ4n) is 1.22. The molecule has 0 aromatic heterocycles. The maximum Gasteiger partial charge on any atom is 0.313 e. The van der Waals surface area contributed by atoms with Gasteiger partial charge in [-0.2, -0.15) is 0 Å². The molecule has 18 heavy (non-hydrogen) atoms. The molecule has 94 valence electrons. The third kappa shape index (κ3) is 5.12. The molecule has 0 fully saturated rings. The Morgan fingerprint density at radius 1 is 1.28 bits per heavy atom. The molecule has 1 N–H and O–H groups in total. The van der Waals surface area contributed by atoms with E-state index >= 15 is 0 Å². The van der Waals surface area contributed by atoms with Gasteiger partial charge in [0.05, 0.1) is 7.11 Å². The predicted molar refractivity (Wildman–Crippen MR) is 67.8 cm³/mol. The normalized spacial score (nSPS) is 11.5. The van der Waals surface area contributed by atoms with Crippen molar-refractivity contribution in [2.75, 3.05) is 7.11 Å². The van der Waals surface area contributed by atoms with Gasteiger partial charge in [0.25, 0.3) is 0 Å². The summed E-state index contributed by atoms with van der Waals surface area (Å²) in [5.41, 5.74) is 0.901. The highest BCUT2D eigenvalue weighted by molar-refractivity contribution is 6.02. The van der Waals surface area contributed by atoms with E-state index in [0.29, 0.717) is 0 Å². The summed E-state index contributed by atoms with van der Waals surface area (Å²) < 4.78 is 4.34. The second kappa shape index (κ2) is 7.06. The van der Waals surface area contributed by atoms with Gasteiger partial charge in [0.1, 0.15) is 12.2 Å². The fraction of sp³-hybridized carbons (Fsp3) is 0.143. The number of carbonyl (C=O) groups excluding carboxylic acids is 2. The summed E-state index contributed by atoms with van der Waals surface area (Å²) in [6.07, 6.45) is 3.68. The van der Waals surface area contributed by atoms with E-state index in [-0.39, 0.29) is 12.2 Å². The van der Waals surface area contributed by atoms with Gasteiger partial charge in [-0.05, 0) is 11.6 Å². The molecular formula is C14H14O4. The maximum atomic E-state index is 11.3. The highest BCUT2D eigenvalue weighted by Gasteiger charge is 2.07. The van der Waals surface area contributed by atoms with Gasteiger partial charge in [-0.25, -0.2) is 0 Å². The smallest absolute Gasteiger partial charge is 0.313 e. The predicted octanol–water partition coefficient (Wildman–Crippen LogP) is 2.27. The Labute approximate surface area is 105 Å². The minimum absolute atomic E-state index is 0.201. The minimum Gasteiger partial charge on any atom is -0.508 e. The molecule has 0 aliphatic rings. The lowest BCUT2D eigenvalue weighted by Gasteiger charge is -1.95. The molecule has 0 unspecified atom stereocenters. The van der Waals surface area contributed by atoms with Crippen LogP contribution in [0, 0.1) is 0 Å². The lowest BCUT2D eigenvalue weighted by atomic mass is 10.2. The van der Waals surface area contributed by atoms with E-state index in [1.807, 2.05) is 30.3 Å². The van der Waals surface area contributed by atoms with Crippen LogP contribution in [0.5, 0.6) is 0 Å². The van der Waals surface area contributed by atoms with Crippen molar-refractivity contribution in [3.63, 3.8) is 0 Å². The zero-order valence-corrected chi connectivity index (χ0v) is 10.00. The van der Waals surface area contributed by atoms with Gasteiger partial charge < -0.3 is 9.84 Å². The van der Waals surface area contributed by atoms with Crippen LogP contribution in [0.15, 0.2) is 48.2 Å². The van der Waals surface area contributed by atoms with Gasteiger partial charge in [0.15, 0.2) is 5.78 Å². The van der Waals surface area contributed by atoms with Crippen LogP contribution in [0.2, 0.25) is 0 Å². The van der Waals surface area contributed by atoms with Crippen molar-refractivity contribution >= 4 is 17.8 Å². The highest BCUT2D eigenvalue weighted by Crippen LogP contribution is 2.04. The number of allylic oxidation sites excluding steroid dienone is 2. The summed E-state index contributed by atoms with van der Waals surface area (Å²) in [4.78, 5) is 22.1. The second-order valence-electron chi connectivity index (χ2n) is 3.53. The Hall–Kier alpha value is -2.36. The molecule has 0 atom stereocenters. The topological polar surface area (TPSA) is 63.6 Å². The summed E-state index contributed by atoms with van der Waals surface area (Å²) in [5, 5.41) is 9.47. The summed E-state index contributed by atoms with van der Waals surface area (Å²) in [6.45, 7) is 0. The molecule has 0 aliphatic heterocycles. The third-order valence-electron chi connectivity index (χ3n) is 2.10. The van der Waals surface area contributed by atoms with Crippen molar-refractivity contribution in [2.24, 2.45) is 0 Å². The van der Waals surface area contributed by atoms with Gasteiger partial charge in [-0.1, -0.05) is 36.4 Å². The lowest BCUT2D eigenvalue weighted by molar-refractivity contribution is -0.142. The average Bonchev–Trinajstić information content (AvgIpc) is 2.37. The van der Waals surface area contributed by atoms with E-state index in [1.54, 1.807) is 6.08 Å². The molecular weight excluding hydrogens is 232 g/mol. The second-order valence-corrected chi connectivity index (χ2v) is 3.53. The van der Waals surface area contributed by atoms with Crippen molar-refractivity contribution in [1.29, 1.82) is 0 Å². The monoisotopic (exact) mass is 246 g/mol. The number of aliphatic hydroxyl groups is 1. The molecule has 0 bridgehead atoms. The molecule has 1 aromatic carbocycles. The van der Waals surface area contributed by atoms with Gasteiger partial charge in [0.2, 0.25) is 0 Å². The summed E-state index contributed by atoms with van der Waals surface area (Å²) in [6, 6.07) is 9.33. The first-order valence-corrected chi connectivity index (χ1v) is 5.35. The number of benzene rings is 1. The number of aliphatic hydroxyl groups excluding tert-OH is 1. The number of hydrogen-bond acceptors (Lipinski definition) is 4. The number of rotatable bonds is 5. The molecule has 0 amide bonds. The molecule has 1 rings (SSSR count). The Balaban J connectivity index is 2.59. The third-order valence-corrected chi connectivity index (χ3v) is 2.10. The molecule has 1 aromatic rings. The summed E-state index contributed by atoms with van der Waals surface area (Å²) >= 11 is 0. The van der Waals surface area contributed by atoms with Crippen LogP contribution in [-0.4, -0.2) is 24.0 Å². The Kier molecular flexibility index (Phi) is 5.38. The molecule has 0 saturated carbocycles. The highest BCUT2D eigenvalue weighted by atomic mass is 16.5. The Morgan fingerprint density at radius 2 is 1.94 bits per heavy atom. The molecule has 4 heteroatoms. The fourth-order valence-corrected chi connectivity index (χ4v) is 1.22. The SMILES string of the molecule is COC(=O)CC(=O)/C=C(O)/C=C/c1ccccc1. The first-order valence-electron chi connectivity index (χ1n) is 5.35. The van der Waals surface area contributed by atoms with Gasteiger partial charge in [-0.3, -0.25) is 9.59 Å². The van der Waals surface area contributed by atoms with E-state index in [4.69, 9.17) is 0 Å².